The van der Waals surface area contributed by atoms with Crippen LogP contribution in [0.2, 0.25) is 0 Å². The number of carbonyl (C=O) groups excluding carboxylic acids is 1. The zero-order valence-corrected chi connectivity index (χ0v) is 17.7. The molecule has 0 spiro atoms. The largest absolute Gasteiger partial charge is 0.493 e. The third kappa shape index (κ3) is 4.04. The minimum Gasteiger partial charge on any atom is -0.493 e. The number of aromatic amines is 1. The summed E-state index contributed by atoms with van der Waals surface area (Å²) < 4.78 is 15.6. The van der Waals surface area contributed by atoms with Crippen molar-refractivity contribution in [3.05, 3.63) is 44.8 Å². The van der Waals surface area contributed by atoms with E-state index in [1.54, 1.807) is 40.2 Å². The van der Waals surface area contributed by atoms with Gasteiger partial charge in [0.1, 0.15) is 15.5 Å². The number of benzene rings is 1. The molecule has 0 saturated carbocycles. The molecule has 0 unspecified atom stereocenters. The van der Waals surface area contributed by atoms with Gasteiger partial charge in [0.05, 0.1) is 32.3 Å². The minimum atomic E-state index is -0.439. The number of hydrogen-bond donors (Lipinski definition) is 2. The molecule has 0 fully saturated rings. The van der Waals surface area contributed by atoms with Gasteiger partial charge in [0.25, 0.3) is 5.56 Å². The molecule has 0 bridgehead atoms. The summed E-state index contributed by atoms with van der Waals surface area (Å²) in [7, 11) is 3.14. The number of ether oxygens (including phenoxy) is 3. The number of esters is 1. The molecule has 0 aliphatic carbocycles. The van der Waals surface area contributed by atoms with Crippen LogP contribution in [0.1, 0.15) is 40.9 Å². The van der Waals surface area contributed by atoms with E-state index in [9.17, 15) is 9.59 Å². The Labute approximate surface area is 171 Å². The summed E-state index contributed by atoms with van der Waals surface area (Å²) in [5.41, 5.74) is 1.09. The first-order valence-electron chi connectivity index (χ1n) is 9.08. The molecule has 3 aromatic rings. The maximum absolute atomic E-state index is 12.6. The number of hydrogen-bond acceptors (Lipinski definition) is 8. The normalized spacial score (nSPS) is 11.9. The lowest BCUT2D eigenvalue weighted by molar-refractivity contribution is 0.0531. The SMILES string of the molecule is CCOC(=O)c1sc2nc([C@@H](C)Nc3ccc(OC)c(OC)c3)[nH]c(=O)c2c1C. The number of nitrogens with zero attached hydrogens (tertiary/aromatic N) is 1. The highest BCUT2D eigenvalue weighted by Crippen LogP contribution is 2.32. The Morgan fingerprint density at radius 2 is 2.00 bits per heavy atom. The smallest absolute Gasteiger partial charge is 0.348 e. The van der Waals surface area contributed by atoms with E-state index in [4.69, 9.17) is 14.2 Å². The fraction of sp³-hybridized carbons (Fsp3) is 0.350. The van der Waals surface area contributed by atoms with Crippen LogP contribution in [0.4, 0.5) is 5.69 Å². The maximum atomic E-state index is 12.6. The molecule has 0 aliphatic heterocycles. The molecule has 2 heterocycles. The van der Waals surface area contributed by atoms with Gasteiger partial charge in [-0.3, -0.25) is 4.79 Å². The van der Waals surface area contributed by atoms with Crippen molar-refractivity contribution in [3.8, 4) is 11.5 Å². The van der Waals surface area contributed by atoms with Gasteiger partial charge >= 0.3 is 5.97 Å². The predicted octanol–water partition coefficient (Wildman–Crippen LogP) is 3.66. The molecule has 0 amide bonds. The van der Waals surface area contributed by atoms with Crippen LogP contribution in [0, 0.1) is 6.92 Å². The van der Waals surface area contributed by atoms with E-state index in [1.807, 2.05) is 13.0 Å². The Kier molecular flexibility index (Phi) is 6.07. The van der Waals surface area contributed by atoms with Gasteiger partial charge in [-0.25, -0.2) is 9.78 Å². The minimum absolute atomic E-state index is 0.272. The van der Waals surface area contributed by atoms with Crippen molar-refractivity contribution >= 4 is 33.2 Å². The van der Waals surface area contributed by atoms with Crippen LogP contribution in [0.25, 0.3) is 10.2 Å². The van der Waals surface area contributed by atoms with Gasteiger partial charge in [0, 0.05) is 11.8 Å². The number of anilines is 1. The highest BCUT2D eigenvalue weighted by Gasteiger charge is 2.21. The summed E-state index contributed by atoms with van der Waals surface area (Å²) in [5, 5.41) is 3.70. The van der Waals surface area contributed by atoms with Gasteiger partial charge in [0.15, 0.2) is 11.5 Å². The van der Waals surface area contributed by atoms with Crippen molar-refractivity contribution in [2.45, 2.75) is 26.8 Å². The number of H-pyrrole nitrogens is 1. The molecule has 1 atom stereocenters. The van der Waals surface area contributed by atoms with Crippen LogP contribution in [0.15, 0.2) is 23.0 Å². The molecule has 3 rings (SSSR count). The van der Waals surface area contributed by atoms with Crippen LogP contribution in [0.5, 0.6) is 11.5 Å². The third-order valence-electron chi connectivity index (χ3n) is 4.46. The third-order valence-corrected chi connectivity index (χ3v) is 5.62. The van der Waals surface area contributed by atoms with Crippen molar-refractivity contribution in [1.29, 1.82) is 0 Å². The average Bonchev–Trinajstić information content (AvgIpc) is 3.05. The van der Waals surface area contributed by atoms with E-state index in [0.29, 0.717) is 38.0 Å². The predicted molar refractivity (Wildman–Crippen MR) is 113 cm³/mol. The van der Waals surface area contributed by atoms with Crippen molar-refractivity contribution < 1.29 is 19.0 Å². The molecular weight excluding hydrogens is 394 g/mol. The number of carbonyl (C=O) groups is 1. The summed E-state index contributed by atoms with van der Waals surface area (Å²) in [6.07, 6.45) is 0. The molecule has 1 aromatic carbocycles. The van der Waals surface area contributed by atoms with Crippen molar-refractivity contribution in [1.82, 2.24) is 9.97 Å². The second-order valence-corrected chi connectivity index (χ2v) is 7.34. The maximum Gasteiger partial charge on any atom is 0.348 e. The molecule has 154 valence electrons. The summed E-state index contributed by atoms with van der Waals surface area (Å²) in [6, 6.07) is 5.16. The number of thiophene rings is 1. The summed E-state index contributed by atoms with van der Waals surface area (Å²) >= 11 is 1.17. The lowest BCUT2D eigenvalue weighted by atomic mass is 10.2. The average molecular weight is 417 g/mol. The quantitative estimate of drug-likeness (QED) is 0.566. The number of aryl methyl sites for hydroxylation is 1. The van der Waals surface area contributed by atoms with E-state index < -0.39 is 5.97 Å². The highest BCUT2D eigenvalue weighted by atomic mass is 32.1. The molecule has 0 saturated heterocycles. The number of nitrogens with one attached hydrogen (secondary N) is 2. The number of aromatic nitrogens is 2. The first-order valence-corrected chi connectivity index (χ1v) is 9.90. The first-order chi connectivity index (χ1) is 13.9. The molecule has 0 aliphatic rings. The zero-order chi connectivity index (χ0) is 21.1. The summed E-state index contributed by atoms with van der Waals surface area (Å²) in [4.78, 5) is 33.1. The van der Waals surface area contributed by atoms with E-state index in [2.05, 4.69) is 15.3 Å². The van der Waals surface area contributed by atoms with Gasteiger partial charge in [-0.1, -0.05) is 0 Å². The van der Waals surface area contributed by atoms with E-state index >= 15 is 0 Å². The van der Waals surface area contributed by atoms with Gasteiger partial charge in [-0.2, -0.15) is 0 Å². The fourth-order valence-electron chi connectivity index (χ4n) is 3.00. The van der Waals surface area contributed by atoms with Crippen LogP contribution >= 0.6 is 11.3 Å². The molecule has 29 heavy (non-hydrogen) atoms. The topological polar surface area (TPSA) is 103 Å². The Balaban J connectivity index is 1.93. The Morgan fingerprint density at radius 3 is 2.66 bits per heavy atom. The molecule has 2 aromatic heterocycles. The molecular formula is C20H23N3O5S. The lowest BCUT2D eigenvalue weighted by Crippen LogP contribution is -2.17. The second-order valence-electron chi connectivity index (χ2n) is 6.34. The standard InChI is InChI=1S/C20H23N3O5S/c1-6-28-20(25)16-10(2)15-18(24)22-17(23-19(15)29-16)11(3)21-12-7-8-13(26-4)14(9-12)27-5/h7-9,11,21H,6H2,1-5H3,(H,22,23,24)/t11-/m1/s1. The van der Waals surface area contributed by atoms with E-state index in [1.165, 1.54) is 11.3 Å². The second kappa shape index (κ2) is 8.52. The highest BCUT2D eigenvalue weighted by molar-refractivity contribution is 7.20. The number of fused-ring (bicyclic) bond motifs is 1. The molecule has 9 heteroatoms. The van der Waals surface area contributed by atoms with Crippen LogP contribution < -0.4 is 20.3 Å². The fourth-order valence-corrected chi connectivity index (χ4v) is 4.08. The van der Waals surface area contributed by atoms with Crippen molar-refractivity contribution in [3.63, 3.8) is 0 Å². The Hall–Kier alpha value is -3.07. The van der Waals surface area contributed by atoms with E-state index in [-0.39, 0.29) is 18.2 Å². The van der Waals surface area contributed by atoms with Crippen LogP contribution in [-0.2, 0) is 4.74 Å². The lowest BCUT2D eigenvalue weighted by Gasteiger charge is -2.16. The van der Waals surface area contributed by atoms with Gasteiger partial charge < -0.3 is 24.5 Å². The van der Waals surface area contributed by atoms with Gasteiger partial charge in [0.2, 0.25) is 0 Å². The van der Waals surface area contributed by atoms with Crippen LogP contribution in [-0.4, -0.2) is 36.8 Å². The summed E-state index contributed by atoms with van der Waals surface area (Å²) in [6.45, 7) is 5.62. The van der Waals surface area contributed by atoms with E-state index in [0.717, 1.165) is 5.69 Å². The monoisotopic (exact) mass is 417 g/mol. The summed E-state index contributed by atoms with van der Waals surface area (Å²) in [5.74, 6) is 1.24. The van der Waals surface area contributed by atoms with Gasteiger partial charge in [-0.05, 0) is 38.5 Å². The molecule has 8 nitrogen and oxygen atoms in total. The number of rotatable bonds is 7. The molecule has 0 radical (unpaired) electrons. The Bertz CT molecular complexity index is 1110. The van der Waals surface area contributed by atoms with Gasteiger partial charge in [-0.15, -0.1) is 11.3 Å². The Morgan fingerprint density at radius 1 is 1.28 bits per heavy atom. The first kappa shape index (κ1) is 20.7. The molecule has 2 N–H and O–H groups in total. The number of methoxy groups -OCH3 is 2. The van der Waals surface area contributed by atoms with Crippen molar-refractivity contribution in [2.24, 2.45) is 0 Å². The van der Waals surface area contributed by atoms with Crippen molar-refractivity contribution in [2.75, 3.05) is 26.1 Å². The van der Waals surface area contributed by atoms with Crippen LogP contribution in [0.3, 0.4) is 0 Å². The zero-order valence-electron chi connectivity index (χ0n) is 16.9.